The predicted octanol–water partition coefficient (Wildman–Crippen LogP) is 3.16. The summed E-state index contributed by atoms with van der Waals surface area (Å²) in [7, 11) is 0. The predicted molar refractivity (Wildman–Crippen MR) is 108 cm³/mol. The Hall–Kier alpha value is -2.37. The molecule has 1 unspecified atom stereocenters. The van der Waals surface area contributed by atoms with Gasteiger partial charge in [0.2, 0.25) is 5.91 Å². The van der Waals surface area contributed by atoms with E-state index in [0.717, 1.165) is 42.5 Å². The zero-order valence-electron chi connectivity index (χ0n) is 16.4. The molecule has 4 rings (SSSR count). The second-order valence-corrected chi connectivity index (χ2v) is 8.03. The molecule has 0 bridgehead atoms. The van der Waals surface area contributed by atoms with Crippen LogP contribution in [-0.2, 0) is 24.4 Å². The van der Waals surface area contributed by atoms with E-state index < -0.39 is 6.10 Å². The van der Waals surface area contributed by atoms with Crippen LogP contribution < -0.4 is 10.1 Å². The van der Waals surface area contributed by atoms with Gasteiger partial charge in [-0.25, -0.2) is 0 Å². The summed E-state index contributed by atoms with van der Waals surface area (Å²) in [6.45, 7) is 5.10. The van der Waals surface area contributed by atoms with Crippen molar-refractivity contribution in [2.45, 2.75) is 45.5 Å². The molecule has 148 valence electrons. The van der Waals surface area contributed by atoms with Gasteiger partial charge in [0.1, 0.15) is 5.75 Å². The molecule has 1 aliphatic heterocycles. The van der Waals surface area contributed by atoms with Gasteiger partial charge in [0.15, 0.2) is 0 Å². The summed E-state index contributed by atoms with van der Waals surface area (Å²) in [6, 6.07) is 14.4. The van der Waals surface area contributed by atoms with Crippen molar-refractivity contribution in [2.24, 2.45) is 5.92 Å². The Morgan fingerprint density at radius 1 is 1.18 bits per heavy atom. The fourth-order valence-corrected chi connectivity index (χ4v) is 3.63. The smallest absolute Gasteiger partial charge is 0.217 e. The van der Waals surface area contributed by atoms with Crippen molar-refractivity contribution in [1.82, 2.24) is 10.2 Å². The first kappa shape index (κ1) is 19.0. The van der Waals surface area contributed by atoms with Crippen molar-refractivity contribution in [3.8, 4) is 5.75 Å². The Kier molecular flexibility index (Phi) is 5.64. The summed E-state index contributed by atoms with van der Waals surface area (Å²) in [4.78, 5) is 13.3. The van der Waals surface area contributed by atoms with Crippen LogP contribution >= 0.6 is 0 Å². The van der Waals surface area contributed by atoms with E-state index in [4.69, 9.17) is 4.74 Å². The lowest BCUT2D eigenvalue weighted by Gasteiger charge is -2.32. The number of carbonyl (C=O) groups excluding carboxylic acids is 1. The van der Waals surface area contributed by atoms with Crippen LogP contribution in [0.2, 0.25) is 0 Å². The van der Waals surface area contributed by atoms with Gasteiger partial charge in [-0.3, -0.25) is 9.69 Å². The second kappa shape index (κ2) is 8.33. The highest BCUT2D eigenvalue weighted by atomic mass is 16.5. The average molecular weight is 380 g/mol. The number of benzene rings is 2. The molecule has 5 heteroatoms. The van der Waals surface area contributed by atoms with Crippen LogP contribution in [0.15, 0.2) is 42.5 Å². The number of nitrogens with zero attached hydrogens (tertiary/aromatic N) is 1. The van der Waals surface area contributed by atoms with Crippen LogP contribution in [0.4, 0.5) is 0 Å². The molecule has 1 amide bonds. The molecule has 2 N–H and O–H groups in total. The highest BCUT2D eigenvalue weighted by Gasteiger charge is 2.25. The van der Waals surface area contributed by atoms with Gasteiger partial charge >= 0.3 is 0 Å². The van der Waals surface area contributed by atoms with Crippen molar-refractivity contribution < 1.29 is 14.6 Å². The number of hydrogen-bond acceptors (Lipinski definition) is 4. The van der Waals surface area contributed by atoms with E-state index in [9.17, 15) is 9.90 Å². The van der Waals surface area contributed by atoms with E-state index in [0.29, 0.717) is 13.1 Å². The molecule has 0 radical (unpaired) electrons. The molecule has 1 heterocycles. The first-order chi connectivity index (χ1) is 13.6. The summed E-state index contributed by atoms with van der Waals surface area (Å²) < 4.78 is 5.86. The molecule has 1 atom stereocenters. The molecule has 28 heavy (non-hydrogen) atoms. The Labute approximate surface area is 166 Å². The quantitative estimate of drug-likeness (QED) is 0.775. The van der Waals surface area contributed by atoms with Gasteiger partial charge in [0.05, 0.1) is 12.7 Å². The number of rotatable bonds is 7. The third-order valence-electron chi connectivity index (χ3n) is 5.45. The maximum absolute atomic E-state index is 11.0. The molecule has 0 spiro atoms. The maximum Gasteiger partial charge on any atom is 0.217 e. The lowest BCUT2D eigenvalue weighted by molar-refractivity contribution is -0.119. The van der Waals surface area contributed by atoms with E-state index in [-0.39, 0.29) is 5.91 Å². The fraction of sp³-hybridized carbons (Fsp3) is 0.435. The number of aliphatic hydroxyl groups is 1. The van der Waals surface area contributed by atoms with E-state index >= 15 is 0 Å². The molecule has 0 saturated heterocycles. The van der Waals surface area contributed by atoms with Gasteiger partial charge in [0.25, 0.3) is 0 Å². The van der Waals surface area contributed by atoms with Crippen LogP contribution in [0.25, 0.3) is 0 Å². The van der Waals surface area contributed by atoms with Gasteiger partial charge in [0, 0.05) is 33.1 Å². The monoisotopic (exact) mass is 380 g/mol. The number of ether oxygens (including phenoxy) is 1. The fourth-order valence-electron chi connectivity index (χ4n) is 3.63. The number of hydrogen-bond donors (Lipinski definition) is 2. The Morgan fingerprint density at radius 3 is 2.64 bits per heavy atom. The van der Waals surface area contributed by atoms with E-state index in [2.05, 4.69) is 28.4 Å². The average Bonchev–Trinajstić information content (AvgIpc) is 3.50. The molecule has 2 aliphatic rings. The Morgan fingerprint density at radius 2 is 1.93 bits per heavy atom. The van der Waals surface area contributed by atoms with Crippen molar-refractivity contribution in [3.05, 3.63) is 64.7 Å². The summed E-state index contributed by atoms with van der Waals surface area (Å²) in [5.74, 6) is 1.57. The van der Waals surface area contributed by atoms with Crippen molar-refractivity contribution in [3.63, 3.8) is 0 Å². The molecular formula is C23H28N2O3. The third-order valence-corrected chi connectivity index (χ3v) is 5.45. The van der Waals surface area contributed by atoms with Crippen LogP contribution in [0.3, 0.4) is 0 Å². The number of nitrogens with one attached hydrogen (secondary N) is 1. The summed E-state index contributed by atoms with van der Waals surface area (Å²) in [5, 5.41) is 13.5. The lowest BCUT2D eigenvalue weighted by atomic mass is 9.96. The molecule has 5 nitrogen and oxygen atoms in total. The number of β-amino-alcohol motifs (C(OH)–C–C–N with tert-alkyl or cyclic N) is 1. The zero-order valence-corrected chi connectivity index (χ0v) is 16.4. The molecule has 0 aromatic heterocycles. The number of amides is 1. The number of carbonyl (C=O) groups is 1. The molecule has 2 aromatic rings. The van der Waals surface area contributed by atoms with Gasteiger partial charge in [-0.1, -0.05) is 30.3 Å². The van der Waals surface area contributed by atoms with Gasteiger partial charge in [-0.05, 0) is 53.1 Å². The largest absolute Gasteiger partial charge is 0.493 e. The third kappa shape index (κ3) is 4.91. The minimum absolute atomic E-state index is 0.0221. The van der Waals surface area contributed by atoms with E-state index in [1.807, 2.05) is 24.3 Å². The highest BCUT2D eigenvalue weighted by molar-refractivity contribution is 5.72. The minimum Gasteiger partial charge on any atom is -0.493 e. The second-order valence-electron chi connectivity index (χ2n) is 8.03. The van der Waals surface area contributed by atoms with Gasteiger partial charge in [-0.2, -0.15) is 0 Å². The summed E-state index contributed by atoms with van der Waals surface area (Å²) in [5.41, 5.74) is 4.45. The van der Waals surface area contributed by atoms with Crippen molar-refractivity contribution in [1.29, 1.82) is 0 Å². The number of fused-ring (bicyclic) bond motifs is 1. The van der Waals surface area contributed by atoms with Crippen LogP contribution in [0, 0.1) is 5.92 Å². The molecular weight excluding hydrogens is 352 g/mol. The molecule has 1 aliphatic carbocycles. The summed E-state index contributed by atoms with van der Waals surface area (Å²) >= 11 is 0. The SMILES string of the molecule is CC(=O)NCc1ccc(CN2Cc3ccc(OCC4CC4)cc3C(O)C2)cc1. The number of aliphatic hydroxyl groups excluding tert-OH is 1. The topological polar surface area (TPSA) is 61.8 Å². The van der Waals surface area contributed by atoms with Crippen molar-refractivity contribution >= 4 is 5.91 Å². The van der Waals surface area contributed by atoms with E-state index in [1.54, 1.807) is 0 Å². The van der Waals surface area contributed by atoms with Gasteiger partial charge < -0.3 is 15.2 Å². The molecule has 2 aromatic carbocycles. The molecule has 1 saturated carbocycles. The maximum atomic E-state index is 11.0. The summed E-state index contributed by atoms with van der Waals surface area (Å²) in [6.07, 6.45) is 2.06. The lowest BCUT2D eigenvalue weighted by Crippen LogP contribution is -2.33. The van der Waals surface area contributed by atoms with Crippen LogP contribution in [0.1, 0.15) is 48.1 Å². The minimum atomic E-state index is -0.493. The normalized spacial score (nSPS) is 19.1. The van der Waals surface area contributed by atoms with Crippen LogP contribution in [0.5, 0.6) is 5.75 Å². The Balaban J connectivity index is 1.36. The molecule has 1 fully saturated rings. The van der Waals surface area contributed by atoms with Crippen molar-refractivity contribution in [2.75, 3.05) is 13.2 Å². The Bertz CT molecular complexity index is 830. The van der Waals surface area contributed by atoms with Crippen LogP contribution in [-0.4, -0.2) is 29.1 Å². The highest BCUT2D eigenvalue weighted by Crippen LogP contribution is 2.33. The van der Waals surface area contributed by atoms with Gasteiger partial charge in [-0.15, -0.1) is 0 Å². The standard InChI is InChI=1S/C23H28N2O3/c1-16(26)24-11-17-2-4-18(5-3-17)12-25-13-20-8-9-21(28-15-19-6-7-19)10-22(20)23(27)14-25/h2-5,8-10,19,23,27H,6-7,11-15H2,1H3,(H,24,26). The van der Waals surface area contributed by atoms with E-state index in [1.165, 1.54) is 30.9 Å². The first-order valence-corrected chi connectivity index (χ1v) is 10.0. The first-order valence-electron chi connectivity index (χ1n) is 10.0. The zero-order chi connectivity index (χ0) is 19.5.